The van der Waals surface area contributed by atoms with Crippen molar-refractivity contribution >= 4 is 27.5 Å². The molecular formula is C19H15BrN6O2. The second kappa shape index (κ2) is 8.13. The molecule has 0 fully saturated rings. The maximum atomic E-state index is 12.1. The maximum Gasteiger partial charge on any atom is 0.253 e. The molecule has 1 N–H and O–H groups in total. The van der Waals surface area contributed by atoms with Crippen LogP contribution in [-0.4, -0.2) is 43.9 Å². The van der Waals surface area contributed by atoms with Gasteiger partial charge in [-0.3, -0.25) is 9.78 Å². The van der Waals surface area contributed by atoms with E-state index >= 15 is 0 Å². The summed E-state index contributed by atoms with van der Waals surface area (Å²) in [6, 6.07) is 14.9. The van der Waals surface area contributed by atoms with E-state index in [0.29, 0.717) is 29.5 Å². The second-order valence-corrected chi connectivity index (χ2v) is 6.74. The third-order valence-electron chi connectivity index (χ3n) is 3.87. The SMILES string of the molecule is O=C(NCCOc1ccc2nnc(-c3ccccc3)n2n1)c1cncc(Br)c1. The first kappa shape index (κ1) is 18.1. The van der Waals surface area contributed by atoms with Crippen molar-refractivity contribution in [1.82, 2.24) is 30.1 Å². The lowest BCUT2D eigenvalue weighted by Gasteiger charge is -2.08. The lowest BCUT2D eigenvalue weighted by Crippen LogP contribution is -2.28. The molecule has 0 bridgehead atoms. The van der Waals surface area contributed by atoms with Crippen LogP contribution in [0.3, 0.4) is 0 Å². The van der Waals surface area contributed by atoms with Gasteiger partial charge in [0.25, 0.3) is 5.91 Å². The summed E-state index contributed by atoms with van der Waals surface area (Å²) in [5.74, 6) is 0.838. The van der Waals surface area contributed by atoms with Crippen molar-refractivity contribution in [2.24, 2.45) is 0 Å². The highest BCUT2D eigenvalue weighted by Crippen LogP contribution is 2.18. The summed E-state index contributed by atoms with van der Waals surface area (Å²) < 4.78 is 8.04. The fraction of sp³-hybridized carbons (Fsp3) is 0.105. The lowest BCUT2D eigenvalue weighted by molar-refractivity contribution is 0.0946. The van der Waals surface area contributed by atoms with Gasteiger partial charge in [0.1, 0.15) is 6.61 Å². The van der Waals surface area contributed by atoms with Crippen LogP contribution in [0.4, 0.5) is 0 Å². The number of rotatable bonds is 6. The largest absolute Gasteiger partial charge is 0.475 e. The van der Waals surface area contributed by atoms with Gasteiger partial charge >= 0.3 is 0 Å². The molecule has 0 unspecified atom stereocenters. The summed E-state index contributed by atoms with van der Waals surface area (Å²) in [5.41, 5.74) is 2.02. The molecule has 1 amide bonds. The summed E-state index contributed by atoms with van der Waals surface area (Å²) >= 11 is 3.29. The topological polar surface area (TPSA) is 94.3 Å². The Morgan fingerprint density at radius 3 is 2.79 bits per heavy atom. The minimum atomic E-state index is -0.217. The Balaban J connectivity index is 1.39. The Kier molecular flexibility index (Phi) is 5.24. The molecule has 0 saturated heterocycles. The van der Waals surface area contributed by atoms with E-state index in [-0.39, 0.29) is 12.5 Å². The number of nitrogens with one attached hydrogen (secondary N) is 1. The van der Waals surface area contributed by atoms with Gasteiger partial charge in [-0.25, -0.2) is 0 Å². The van der Waals surface area contributed by atoms with Crippen LogP contribution in [0.5, 0.6) is 5.88 Å². The number of hydrogen-bond donors (Lipinski definition) is 1. The lowest BCUT2D eigenvalue weighted by atomic mass is 10.2. The Bertz CT molecular complexity index is 1120. The minimum absolute atomic E-state index is 0.217. The van der Waals surface area contributed by atoms with Crippen molar-refractivity contribution in [3.63, 3.8) is 0 Å². The maximum absolute atomic E-state index is 12.1. The van der Waals surface area contributed by atoms with Crippen LogP contribution < -0.4 is 10.1 Å². The van der Waals surface area contributed by atoms with E-state index in [9.17, 15) is 4.79 Å². The molecule has 3 heterocycles. The van der Waals surface area contributed by atoms with Gasteiger partial charge in [0.2, 0.25) is 5.88 Å². The highest BCUT2D eigenvalue weighted by molar-refractivity contribution is 9.10. The molecule has 1 aromatic carbocycles. The van der Waals surface area contributed by atoms with Crippen molar-refractivity contribution in [2.45, 2.75) is 0 Å². The molecule has 9 heteroatoms. The van der Waals surface area contributed by atoms with Gasteiger partial charge in [0, 0.05) is 28.5 Å². The van der Waals surface area contributed by atoms with E-state index in [4.69, 9.17) is 4.74 Å². The van der Waals surface area contributed by atoms with Crippen LogP contribution in [0.15, 0.2) is 65.4 Å². The average molecular weight is 439 g/mol. The fourth-order valence-corrected chi connectivity index (χ4v) is 2.94. The van der Waals surface area contributed by atoms with Crippen molar-refractivity contribution in [3.8, 4) is 17.3 Å². The number of nitrogens with zero attached hydrogens (tertiary/aromatic N) is 5. The van der Waals surface area contributed by atoms with E-state index in [1.54, 1.807) is 28.9 Å². The summed E-state index contributed by atoms with van der Waals surface area (Å²) in [6.07, 6.45) is 3.13. The van der Waals surface area contributed by atoms with Crippen LogP contribution in [0.1, 0.15) is 10.4 Å². The molecule has 4 rings (SSSR count). The Morgan fingerprint density at radius 1 is 1.11 bits per heavy atom. The van der Waals surface area contributed by atoms with Crippen LogP contribution in [-0.2, 0) is 0 Å². The van der Waals surface area contributed by atoms with Crippen LogP contribution >= 0.6 is 15.9 Å². The van der Waals surface area contributed by atoms with Crippen LogP contribution in [0.25, 0.3) is 17.0 Å². The summed E-state index contributed by atoms with van der Waals surface area (Å²) in [6.45, 7) is 0.604. The monoisotopic (exact) mass is 438 g/mol. The fourth-order valence-electron chi connectivity index (χ4n) is 2.57. The molecule has 0 saturated carbocycles. The molecule has 0 spiro atoms. The average Bonchev–Trinajstić information content (AvgIpc) is 3.15. The second-order valence-electron chi connectivity index (χ2n) is 5.83. The highest BCUT2D eigenvalue weighted by atomic mass is 79.9. The Labute approximate surface area is 168 Å². The van der Waals surface area contributed by atoms with Crippen molar-refractivity contribution in [1.29, 1.82) is 0 Å². The van der Waals surface area contributed by atoms with Gasteiger partial charge in [-0.2, -0.15) is 4.52 Å². The Hall–Kier alpha value is -3.33. The van der Waals surface area contributed by atoms with Crippen LogP contribution in [0.2, 0.25) is 0 Å². The molecule has 140 valence electrons. The number of hydrogen-bond acceptors (Lipinski definition) is 6. The summed E-state index contributed by atoms with van der Waals surface area (Å²) in [5, 5.41) is 15.5. The quantitative estimate of drug-likeness (QED) is 0.465. The molecule has 0 aliphatic carbocycles. The number of carbonyl (C=O) groups is 1. The standard InChI is InChI=1S/C19H15BrN6O2/c20-15-10-14(11-21-12-15)19(27)22-8-9-28-17-7-6-16-23-24-18(26(16)25-17)13-4-2-1-3-5-13/h1-7,10-12H,8-9H2,(H,22,27). The first-order chi connectivity index (χ1) is 13.7. The number of fused-ring (bicyclic) bond motifs is 1. The van der Waals surface area contributed by atoms with Gasteiger partial charge in [0.05, 0.1) is 12.1 Å². The molecule has 3 aromatic heterocycles. The molecule has 4 aromatic rings. The zero-order valence-electron chi connectivity index (χ0n) is 14.6. The van der Waals surface area contributed by atoms with Crippen molar-refractivity contribution in [3.05, 3.63) is 71.0 Å². The smallest absolute Gasteiger partial charge is 0.253 e. The van der Waals surface area contributed by atoms with E-state index < -0.39 is 0 Å². The number of halogens is 1. The predicted octanol–water partition coefficient (Wildman–Crippen LogP) is 2.76. The molecule has 0 radical (unpaired) electrons. The first-order valence-electron chi connectivity index (χ1n) is 8.50. The number of benzene rings is 1. The first-order valence-corrected chi connectivity index (χ1v) is 9.29. The molecule has 0 atom stereocenters. The van der Waals surface area contributed by atoms with E-state index in [0.717, 1.165) is 10.0 Å². The van der Waals surface area contributed by atoms with Gasteiger partial charge in [-0.05, 0) is 28.1 Å². The number of aromatic nitrogens is 5. The number of amides is 1. The van der Waals surface area contributed by atoms with E-state index in [1.807, 2.05) is 30.3 Å². The van der Waals surface area contributed by atoms with Crippen molar-refractivity contribution in [2.75, 3.05) is 13.2 Å². The number of ether oxygens (including phenoxy) is 1. The Morgan fingerprint density at radius 2 is 1.96 bits per heavy atom. The molecule has 0 aliphatic heterocycles. The minimum Gasteiger partial charge on any atom is -0.475 e. The normalized spacial score (nSPS) is 10.8. The van der Waals surface area contributed by atoms with E-state index in [1.165, 1.54) is 6.20 Å². The van der Waals surface area contributed by atoms with Gasteiger partial charge in [0.15, 0.2) is 11.5 Å². The van der Waals surface area contributed by atoms with Crippen LogP contribution in [0, 0.1) is 0 Å². The van der Waals surface area contributed by atoms with Gasteiger partial charge < -0.3 is 10.1 Å². The summed E-state index contributed by atoms with van der Waals surface area (Å²) in [4.78, 5) is 16.1. The molecule has 28 heavy (non-hydrogen) atoms. The summed E-state index contributed by atoms with van der Waals surface area (Å²) in [7, 11) is 0. The highest BCUT2D eigenvalue weighted by Gasteiger charge is 2.10. The van der Waals surface area contributed by atoms with Crippen molar-refractivity contribution < 1.29 is 9.53 Å². The molecule has 0 aliphatic rings. The van der Waals surface area contributed by atoms with Gasteiger partial charge in [-0.1, -0.05) is 30.3 Å². The third-order valence-corrected chi connectivity index (χ3v) is 4.31. The van der Waals surface area contributed by atoms with Gasteiger partial charge in [-0.15, -0.1) is 15.3 Å². The molecular weight excluding hydrogens is 424 g/mol. The zero-order chi connectivity index (χ0) is 19.3. The third kappa shape index (κ3) is 3.99. The molecule has 8 nitrogen and oxygen atoms in total. The number of carbonyl (C=O) groups excluding carboxylic acids is 1. The van der Waals surface area contributed by atoms with E-state index in [2.05, 4.69) is 41.5 Å². The zero-order valence-corrected chi connectivity index (χ0v) is 16.2. The predicted molar refractivity (Wildman–Crippen MR) is 106 cm³/mol. The number of pyridine rings is 1.